The highest BCUT2D eigenvalue weighted by Gasteiger charge is 2.25. The summed E-state index contributed by atoms with van der Waals surface area (Å²) in [6.45, 7) is 0. The molecule has 0 aliphatic rings. The van der Waals surface area contributed by atoms with E-state index in [4.69, 9.17) is 40.2 Å². The van der Waals surface area contributed by atoms with Crippen LogP contribution >= 0.6 is 51.0 Å². The highest BCUT2D eigenvalue weighted by Crippen LogP contribution is 2.26. The van der Waals surface area contributed by atoms with Crippen LogP contribution in [0.5, 0.6) is 0 Å². The monoisotopic (exact) mass is 238 g/mol. The smallest absolute Gasteiger partial charge is 0.247 e. The van der Waals surface area contributed by atoms with Gasteiger partial charge in [0.2, 0.25) is 3.79 Å². The fourth-order valence-electron chi connectivity index (χ4n) is 0.0536. The van der Waals surface area contributed by atoms with Crippen LogP contribution in [-0.2, 0) is 0 Å². The van der Waals surface area contributed by atoms with E-state index in [1.54, 1.807) is 0 Å². The van der Waals surface area contributed by atoms with E-state index in [1.165, 1.54) is 0 Å². The van der Waals surface area contributed by atoms with Crippen LogP contribution in [0.25, 0.3) is 0 Å². The molecular formula is C2H2BrCl3N2. The minimum absolute atomic E-state index is 0.206. The largest absolute Gasteiger partial charge is 0.307 e. The van der Waals surface area contributed by atoms with Crippen molar-refractivity contribution < 1.29 is 0 Å². The molecule has 2 N–H and O–H groups in total. The summed E-state index contributed by atoms with van der Waals surface area (Å²) in [6.07, 6.45) is 0. The van der Waals surface area contributed by atoms with Crippen LogP contribution in [0.2, 0.25) is 0 Å². The molecule has 0 spiro atoms. The van der Waals surface area contributed by atoms with Crippen molar-refractivity contribution in [3.05, 3.63) is 0 Å². The van der Waals surface area contributed by atoms with Gasteiger partial charge >= 0.3 is 0 Å². The molecule has 0 fully saturated rings. The van der Waals surface area contributed by atoms with Crippen molar-refractivity contribution in [2.24, 2.45) is 0 Å². The molecule has 0 bridgehead atoms. The average Bonchev–Trinajstić information content (AvgIpc) is 1.62. The summed E-state index contributed by atoms with van der Waals surface area (Å²) in [5.74, 6) is -0.206. The van der Waals surface area contributed by atoms with E-state index in [-0.39, 0.29) is 5.84 Å². The summed E-state index contributed by atoms with van der Waals surface area (Å²) in [5.41, 5.74) is 0. The van der Waals surface area contributed by atoms with Gasteiger partial charge in [-0.2, -0.15) is 0 Å². The van der Waals surface area contributed by atoms with E-state index in [0.717, 1.165) is 0 Å². The van der Waals surface area contributed by atoms with E-state index in [1.807, 2.05) is 0 Å². The highest BCUT2D eigenvalue weighted by molar-refractivity contribution is 9.08. The second kappa shape index (κ2) is 3.11. The standard InChI is InChI=1S/C2H2BrCl3N2/c3-8-1(7)2(4,5)6/h(H2,7,8). The lowest BCUT2D eigenvalue weighted by Gasteiger charge is -2.08. The van der Waals surface area contributed by atoms with Gasteiger partial charge in [0.15, 0.2) is 5.84 Å². The normalized spacial score (nSPS) is 11.0. The van der Waals surface area contributed by atoms with Crippen molar-refractivity contribution >= 4 is 56.8 Å². The highest BCUT2D eigenvalue weighted by atomic mass is 79.9. The predicted octanol–water partition coefficient (Wildman–Crippen LogP) is 2.23. The van der Waals surface area contributed by atoms with Gasteiger partial charge < -0.3 is 4.34 Å². The van der Waals surface area contributed by atoms with Crippen LogP contribution in [0, 0.1) is 5.41 Å². The third-order valence-electron chi connectivity index (χ3n) is 0.378. The summed E-state index contributed by atoms with van der Waals surface area (Å²) in [4.78, 5) is 0. The molecular weight excluding hydrogens is 238 g/mol. The van der Waals surface area contributed by atoms with Crippen LogP contribution in [-0.4, -0.2) is 9.63 Å². The van der Waals surface area contributed by atoms with Gasteiger partial charge in [-0.05, 0) is 0 Å². The van der Waals surface area contributed by atoms with Crippen molar-refractivity contribution in [1.82, 2.24) is 4.34 Å². The quantitative estimate of drug-likeness (QED) is 0.290. The Balaban J connectivity index is 3.82. The van der Waals surface area contributed by atoms with Gasteiger partial charge in [-0.3, -0.25) is 5.41 Å². The van der Waals surface area contributed by atoms with Gasteiger partial charge in [-0.1, -0.05) is 34.8 Å². The molecule has 0 heterocycles. The minimum atomic E-state index is -1.65. The summed E-state index contributed by atoms with van der Waals surface area (Å²) in [6, 6.07) is 0. The molecule has 2 nitrogen and oxygen atoms in total. The summed E-state index contributed by atoms with van der Waals surface area (Å²) in [5, 5.41) is 6.84. The lowest BCUT2D eigenvalue weighted by molar-refractivity contribution is 1.30. The maximum Gasteiger partial charge on any atom is 0.247 e. The molecule has 0 aromatic heterocycles. The Kier molecular flexibility index (Phi) is 3.43. The fourth-order valence-corrected chi connectivity index (χ4v) is 0.835. The number of rotatable bonds is 0. The van der Waals surface area contributed by atoms with E-state index >= 15 is 0 Å². The second-order valence-corrected chi connectivity index (χ2v) is 3.64. The van der Waals surface area contributed by atoms with Crippen LogP contribution in [0.4, 0.5) is 0 Å². The molecule has 0 radical (unpaired) electrons. The lowest BCUT2D eigenvalue weighted by Crippen LogP contribution is -2.26. The minimum Gasteiger partial charge on any atom is -0.307 e. The van der Waals surface area contributed by atoms with Gasteiger partial charge in [0.05, 0.1) is 0 Å². The van der Waals surface area contributed by atoms with Gasteiger partial charge in [-0.15, -0.1) is 0 Å². The zero-order chi connectivity index (χ0) is 6.78. The third kappa shape index (κ3) is 2.97. The van der Waals surface area contributed by atoms with Gasteiger partial charge in [0, 0.05) is 16.1 Å². The maximum atomic E-state index is 6.84. The number of hydrogen-bond donors (Lipinski definition) is 2. The lowest BCUT2D eigenvalue weighted by atomic mass is 10.7. The van der Waals surface area contributed by atoms with Crippen molar-refractivity contribution in [3.8, 4) is 0 Å². The number of hydrogen-bond acceptors (Lipinski definition) is 1. The van der Waals surface area contributed by atoms with Crippen molar-refractivity contribution in [2.45, 2.75) is 3.79 Å². The van der Waals surface area contributed by atoms with Gasteiger partial charge in [0.25, 0.3) is 0 Å². The zero-order valence-electron chi connectivity index (χ0n) is 3.51. The molecule has 6 heteroatoms. The number of halogens is 4. The Morgan fingerprint density at radius 1 is 1.50 bits per heavy atom. The summed E-state index contributed by atoms with van der Waals surface area (Å²) >= 11 is 18.3. The molecule has 0 saturated heterocycles. The van der Waals surface area contributed by atoms with E-state index in [9.17, 15) is 0 Å². The Hall–Kier alpha value is 0.820. The first-order valence-electron chi connectivity index (χ1n) is 1.51. The van der Waals surface area contributed by atoms with E-state index in [2.05, 4.69) is 20.5 Å². The molecule has 0 rings (SSSR count). The van der Waals surface area contributed by atoms with Crippen LogP contribution in [0.15, 0.2) is 0 Å². The van der Waals surface area contributed by atoms with Crippen LogP contribution in [0.1, 0.15) is 0 Å². The maximum absolute atomic E-state index is 6.84. The second-order valence-electron chi connectivity index (χ2n) is 0.967. The summed E-state index contributed by atoms with van der Waals surface area (Å²) in [7, 11) is 0. The first-order valence-corrected chi connectivity index (χ1v) is 3.43. The first-order chi connectivity index (χ1) is 3.48. The molecule has 0 amide bonds. The molecule has 0 aromatic rings. The van der Waals surface area contributed by atoms with Crippen LogP contribution < -0.4 is 4.34 Å². The van der Waals surface area contributed by atoms with Crippen molar-refractivity contribution in [1.29, 1.82) is 5.41 Å². The zero-order valence-corrected chi connectivity index (χ0v) is 7.37. The Morgan fingerprint density at radius 3 is 1.88 bits per heavy atom. The SMILES string of the molecule is N=C(NBr)C(Cl)(Cl)Cl. The van der Waals surface area contributed by atoms with Gasteiger partial charge in [0.1, 0.15) is 0 Å². The average molecular weight is 240 g/mol. The Bertz CT molecular complexity index is 97.9. The molecule has 48 valence electrons. The molecule has 0 unspecified atom stereocenters. The topological polar surface area (TPSA) is 35.9 Å². The van der Waals surface area contributed by atoms with Gasteiger partial charge in [-0.25, -0.2) is 0 Å². The predicted molar refractivity (Wildman–Crippen MR) is 40.1 cm³/mol. The molecule has 0 saturated carbocycles. The molecule has 8 heavy (non-hydrogen) atoms. The summed E-state index contributed by atoms with van der Waals surface area (Å²) < 4.78 is 0.556. The Labute approximate surface area is 70.3 Å². The van der Waals surface area contributed by atoms with Crippen molar-refractivity contribution in [2.75, 3.05) is 0 Å². The molecule has 0 atom stereocenters. The molecule has 0 aliphatic carbocycles. The Morgan fingerprint density at radius 2 is 1.88 bits per heavy atom. The number of alkyl halides is 3. The van der Waals surface area contributed by atoms with Crippen LogP contribution in [0.3, 0.4) is 0 Å². The molecule has 0 aromatic carbocycles. The van der Waals surface area contributed by atoms with Crippen molar-refractivity contribution in [3.63, 3.8) is 0 Å². The number of nitrogens with one attached hydrogen (secondary N) is 2. The van der Waals surface area contributed by atoms with E-state index in [0.29, 0.717) is 0 Å². The molecule has 0 aliphatic heterocycles. The fraction of sp³-hybridized carbons (Fsp3) is 0.500. The third-order valence-corrected chi connectivity index (χ3v) is 1.34. The van der Waals surface area contributed by atoms with E-state index < -0.39 is 3.79 Å². The number of amidine groups is 1. The first kappa shape index (κ1) is 8.82.